The first-order chi connectivity index (χ1) is 22.4. The molecule has 1 aliphatic rings. The zero-order valence-corrected chi connectivity index (χ0v) is 28.0. The van der Waals surface area contributed by atoms with E-state index < -0.39 is 7.26 Å². The van der Waals surface area contributed by atoms with E-state index in [1.54, 1.807) is 0 Å². The molecular formula is C41H44N2O2P+. The molecule has 0 aliphatic carbocycles. The summed E-state index contributed by atoms with van der Waals surface area (Å²) in [7, 11) is -2.12. The van der Waals surface area contributed by atoms with Gasteiger partial charge < -0.3 is 9.64 Å². The fourth-order valence-electron chi connectivity index (χ4n) is 6.66. The molecule has 234 valence electrons. The molecule has 1 saturated heterocycles. The maximum Gasteiger partial charge on any atom is 0.241 e. The third-order valence-corrected chi connectivity index (χ3v) is 13.3. The number of hydrogen-bond acceptors (Lipinski definition) is 3. The highest BCUT2D eigenvalue weighted by Crippen LogP contribution is 2.54. The summed E-state index contributed by atoms with van der Waals surface area (Å²) in [5.41, 5.74) is 1.93. The lowest BCUT2D eigenvalue weighted by Crippen LogP contribution is -2.47. The number of rotatable bonds is 12. The predicted molar refractivity (Wildman–Crippen MR) is 193 cm³/mol. The van der Waals surface area contributed by atoms with E-state index in [-0.39, 0.29) is 17.6 Å². The first-order valence-electron chi connectivity index (χ1n) is 16.4. The number of ether oxygens (including phenoxy) is 1. The number of unbranched alkanes of at least 4 members (excludes halogenated alkanes) is 1. The van der Waals surface area contributed by atoms with E-state index in [1.807, 2.05) is 17.0 Å². The Morgan fingerprint density at radius 2 is 1.15 bits per heavy atom. The Kier molecular flexibility index (Phi) is 9.68. The van der Waals surface area contributed by atoms with Crippen molar-refractivity contribution in [3.05, 3.63) is 151 Å². The Labute approximate surface area is 274 Å². The Bertz CT molecular complexity index is 1610. The normalized spacial score (nSPS) is 16.0. The minimum absolute atomic E-state index is 0.195. The Morgan fingerprint density at radius 1 is 0.674 bits per heavy atom. The number of nitrogens with one attached hydrogen (secondary N) is 1. The van der Waals surface area contributed by atoms with Crippen molar-refractivity contribution in [1.29, 1.82) is 0 Å². The van der Waals surface area contributed by atoms with Gasteiger partial charge in [0, 0.05) is 6.54 Å². The molecule has 6 rings (SSSR count). The van der Waals surface area contributed by atoms with Gasteiger partial charge in [-0.25, -0.2) is 0 Å². The molecule has 46 heavy (non-hydrogen) atoms. The number of nitrogens with zero attached hydrogens (tertiary/aromatic N) is 1. The van der Waals surface area contributed by atoms with Crippen LogP contribution in [0.1, 0.15) is 44.7 Å². The number of carbonyl (C=O) groups is 1. The molecule has 1 N–H and O–H groups in total. The summed E-state index contributed by atoms with van der Waals surface area (Å²) in [6.07, 6.45) is 2.77. The van der Waals surface area contributed by atoms with E-state index in [4.69, 9.17) is 4.74 Å². The summed E-state index contributed by atoms with van der Waals surface area (Å²) < 4.78 is 6.23. The van der Waals surface area contributed by atoms with Crippen LogP contribution < -0.4 is 31.3 Å². The zero-order valence-electron chi connectivity index (χ0n) is 27.1. The van der Waals surface area contributed by atoms with Gasteiger partial charge in [0.15, 0.2) is 0 Å². The maximum absolute atomic E-state index is 13.1. The maximum atomic E-state index is 13.1. The molecule has 4 nitrogen and oxygen atoms in total. The van der Waals surface area contributed by atoms with Gasteiger partial charge in [-0.15, -0.1) is 0 Å². The molecule has 5 aromatic rings. The van der Waals surface area contributed by atoms with Crippen molar-refractivity contribution < 1.29 is 9.53 Å². The SMILES string of the molecule is CCCCN1C(=O)[C@H](Cc2ccc(OCc3ccc([P+](c4ccccc4)(c4ccccc4)c4ccccc4)cc3)cc2)NC1(C)C. The van der Waals surface area contributed by atoms with Crippen LogP contribution in [-0.2, 0) is 17.8 Å². The molecule has 0 radical (unpaired) electrons. The summed E-state index contributed by atoms with van der Waals surface area (Å²) in [5, 5.41) is 8.87. The van der Waals surface area contributed by atoms with Crippen molar-refractivity contribution in [1.82, 2.24) is 10.2 Å². The Hall–Kier alpha value is -4.24. The molecule has 0 aromatic heterocycles. The van der Waals surface area contributed by atoms with Crippen molar-refractivity contribution >= 4 is 34.4 Å². The molecule has 0 bridgehead atoms. The van der Waals surface area contributed by atoms with Gasteiger partial charge in [0.2, 0.25) is 5.91 Å². The number of benzene rings is 5. The summed E-state index contributed by atoms with van der Waals surface area (Å²) in [6.45, 7) is 7.63. The van der Waals surface area contributed by atoms with Crippen LogP contribution >= 0.6 is 7.26 Å². The molecule has 0 saturated carbocycles. The average Bonchev–Trinajstić information content (AvgIpc) is 3.31. The van der Waals surface area contributed by atoms with Crippen LogP contribution in [0.3, 0.4) is 0 Å². The predicted octanol–water partition coefficient (Wildman–Crippen LogP) is 6.76. The molecule has 0 spiro atoms. The van der Waals surface area contributed by atoms with E-state index in [9.17, 15) is 4.79 Å². The standard InChI is InChI=1S/C41H44N2O2P/c1-4-5-29-43-40(44)39(42-41(43,2)3)30-32-21-25-34(26-22-32)45-31-33-23-27-38(28-24-33)46(35-15-9-6-10-16-35,36-17-11-7-12-18-36)37-19-13-8-14-20-37/h6-28,39,42H,4-5,29-31H2,1-3H3/q+1/t39-/m0/s1. The largest absolute Gasteiger partial charge is 0.489 e. The number of carbonyl (C=O) groups excluding carboxylic acids is 1. The number of hydrogen-bond donors (Lipinski definition) is 1. The van der Waals surface area contributed by atoms with E-state index in [0.717, 1.165) is 36.3 Å². The topological polar surface area (TPSA) is 41.6 Å². The minimum atomic E-state index is -2.12. The first kappa shape index (κ1) is 31.7. The summed E-state index contributed by atoms with van der Waals surface area (Å²) in [6, 6.07) is 49.8. The van der Waals surface area contributed by atoms with Gasteiger partial charge >= 0.3 is 0 Å². The molecule has 1 amide bonds. The van der Waals surface area contributed by atoms with Crippen LogP contribution in [0.25, 0.3) is 0 Å². The molecule has 1 heterocycles. The highest BCUT2D eigenvalue weighted by Gasteiger charge is 2.47. The fourth-order valence-corrected chi connectivity index (χ4v) is 10.9. The van der Waals surface area contributed by atoms with Gasteiger partial charge in [0.1, 0.15) is 40.8 Å². The second-order valence-corrected chi connectivity index (χ2v) is 16.0. The summed E-state index contributed by atoms with van der Waals surface area (Å²) in [5.74, 6) is 1.02. The van der Waals surface area contributed by atoms with Crippen molar-refractivity contribution in [2.75, 3.05) is 6.54 Å². The van der Waals surface area contributed by atoms with Crippen molar-refractivity contribution in [3.63, 3.8) is 0 Å². The summed E-state index contributed by atoms with van der Waals surface area (Å²) in [4.78, 5) is 15.1. The average molecular weight is 628 g/mol. The molecule has 5 aromatic carbocycles. The zero-order chi connectivity index (χ0) is 32.0. The van der Waals surface area contributed by atoms with E-state index >= 15 is 0 Å². The minimum Gasteiger partial charge on any atom is -0.489 e. The quantitative estimate of drug-likeness (QED) is 0.155. The van der Waals surface area contributed by atoms with Crippen LogP contribution in [0, 0.1) is 0 Å². The second kappa shape index (κ2) is 14.0. The molecule has 1 atom stereocenters. The first-order valence-corrected chi connectivity index (χ1v) is 18.2. The Morgan fingerprint density at radius 3 is 1.65 bits per heavy atom. The van der Waals surface area contributed by atoms with E-state index in [2.05, 4.69) is 153 Å². The highest BCUT2D eigenvalue weighted by molar-refractivity contribution is 8.01. The van der Waals surface area contributed by atoms with Gasteiger partial charge in [-0.1, -0.05) is 92.2 Å². The highest BCUT2D eigenvalue weighted by atomic mass is 31.2. The third-order valence-electron chi connectivity index (χ3n) is 9.02. The summed E-state index contributed by atoms with van der Waals surface area (Å²) >= 11 is 0. The van der Waals surface area contributed by atoms with Crippen molar-refractivity contribution in [3.8, 4) is 5.75 Å². The lowest BCUT2D eigenvalue weighted by molar-refractivity contribution is -0.131. The van der Waals surface area contributed by atoms with E-state index in [1.165, 1.54) is 21.2 Å². The van der Waals surface area contributed by atoms with Crippen LogP contribution in [0.5, 0.6) is 5.75 Å². The number of amides is 1. The Balaban J connectivity index is 1.18. The lowest BCUT2D eigenvalue weighted by atomic mass is 10.1. The van der Waals surface area contributed by atoms with Crippen LogP contribution in [0.15, 0.2) is 140 Å². The van der Waals surface area contributed by atoms with E-state index in [0.29, 0.717) is 13.0 Å². The van der Waals surface area contributed by atoms with Crippen molar-refractivity contribution in [2.24, 2.45) is 0 Å². The molecular weight excluding hydrogens is 583 g/mol. The molecule has 5 heteroatoms. The third kappa shape index (κ3) is 6.51. The second-order valence-electron chi connectivity index (χ2n) is 12.6. The smallest absolute Gasteiger partial charge is 0.241 e. The van der Waals surface area contributed by atoms with Gasteiger partial charge in [0.25, 0.3) is 0 Å². The van der Waals surface area contributed by atoms with Gasteiger partial charge in [-0.3, -0.25) is 10.1 Å². The van der Waals surface area contributed by atoms with Gasteiger partial charge in [-0.2, -0.15) is 0 Å². The van der Waals surface area contributed by atoms with Gasteiger partial charge in [0.05, 0.1) is 11.7 Å². The molecule has 1 fully saturated rings. The van der Waals surface area contributed by atoms with Crippen LogP contribution in [-0.4, -0.2) is 29.1 Å². The monoisotopic (exact) mass is 627 g/mol. The molecule has 1 aliphatic heterocycles. The molecule has 0 unspecified atom stereocenters. The van der Waals surface area contributed by atoms with Gasteiger partial charge in [-0.05, 0) is 98.5 Å². The van der Waals surface area contributed by atoms with Crippen LogP contribution in [0.4, 0.5) is 0 Å². The lowest BCUT2D eigenvalue weighted by Gasteiger charge is -2.31. The van der Waals surface area contributed by atoms with Crippen molar-refractivity contribution in [2.45, 2.75) is 58.3 Å². The van der Waals surface area contributed by atoms with Crippen LogP contribution in [0.2, 0.25) is 0 Å². The fraction of sp³-hybridized carbons (Fsp3) is 0.244.